The summed E-state index contributed by atoms with van der Waals surface area (Å²) in [7, 11) is 0. The second-order valence-electron chi connectivity index (χ2n) is 8.93. The number of carboxylic acids is 1. The summed E-state index contributed by atoms with van der Waals surface area (Å²) in [5.41, 5.74) is 0.459. The summed E-state index contributed by atoms with van der Waals surface area (Å²) >= 11 is 0. The monoisotopic (exact) mass is 635 g/mol. The molecule has 1 amide bonds. The zero-order valence-corrected chi connectivity index (χ0v) is 22.3. The maximum atomic E-state index is 14.4. The second kappa shape index (κ2) is 13.9. The number of carbonyl (C=O) groups excluding carboxylic acids is 1. The number of benzene rings is 1. The second-order valence-corrected chi connectivity index (χ2v) is 8.93. The number of nitrogens with zero attached hydrogens (tertiary/aromatic N) is 1. The molecule has 242 valence electrons. The van der Waals surface area contributed by atoms with Crippen molar-refractivity contribution >= 4 is 12.1 Å². The van der Waals surface area contributed by atoms with Crippen LogP contribution in [0.25, 0.3) is 0 Å². The highest BCUT2D eigenvalue weighted by atomic mass is 19.4. The van der Waals surface area contributed by atoms with Gasteiger partial charge in [-0.15, -0.1) is 0 Å². The first-order valence-electron chi connectivity index (χ1n) is 12.1. The maximum Gasteiger partial charge on any atom is 0.460 e. The molecule has 0 heterocycles. The number of aliphatic carboxylic acids is 1. The number of carbonyl (C=O) groups is 2. The molecule has 7 nitrogen and oxygen atoms in total. The van der Waals surface area contributed by atoms with Gasteiger partial charge in [0.05, 0.1) is 13.1 Å². The van der Waals surface area contributed by atoms with E-state index in [1.165, 1.54) is 38.1 Å². The van der Waals surface area contributed by atoms with Crippen molar-refractivity contribution in [3.8, 4) is 5.75 Å². The Morgan fingerprint density at radius 1 is 0.881 bits per heavy atom. The number of carboxylic acid groups (broad SMARTS) is 1. The van der Waals surface area contributed by atoms with E-state index < -0.39 is 73.8 Å². The van der Waals surface area contributed by atoms with Crippen LogP contribution in [0.3, 0.4) is 0 Å². The average molecular weight is 635 g/mol. The van der Waals surface area contributed by atoms with E-state index in [2.05, 4.69) is 0 Å². The predicted octanol–water partition coefficient (Wildman–Crippen LogP) is 6.44. The van der Waals surface area contributed by atoms with E-state index in [0.29, 0.717) is 5.56 Å². The van der Waals surface area contributed by atoms with Crippen molar-refractivity contribution in [1.29, 1.82) is 0 Å². The smallest absolute Gasteiger partial charge is 0.460 e. The largest absolute Gasteiger partial charge is 0.492 e. The summed E-state index contributed by atoms with van der Waals surface area (Å²) in [5.74, 6) is -30.0. The zero-order chi connectivity index (χ0) is 32.7. The van der Waals surface area contributed by atoms with Crippen LogP contribution < -0.4 is 4.74 Å². The molecule has 0 spiro atoms. The predicted molar refractivity (Wildman–Crippen MR) is 122 cm³/mol. The van der Waals surface area contributed by atoms with Crippen LogP contribution >= 0.6 is 0 Å². The molecule has 0 radical (unpaired) electrons. The zero-order valence-electron chi connectivity index (χ0n) is 22.3. The van der Waals surface area contributed by atoms with Gasteiger partial charge in [0, 0.05) is 13.0 Å². The fraction of sp³-hybridized carbons (Fsp3) is 0.667. The van der Waals surface area contributed by atoms with E-state index in [-0.39, 0.29) is 30.1 Å². The van der Waals surface area contributed by atoms with Gasteiger partial charge >= 0.3 is 41.9 Å². The topological polar surface area (TPSA) is 85.3 Å². The number of hydrogen-bond acceptors (Lipinski definition) is 5. The summed E-state index contributed by atoms with van der Waals surface area (Å²) in [5, 5.41) is 9.13. The standard InChI is InChI=1S/C24H28F11NO6/c1-4-14(3)42-19(39)36(13-20(25,26)21(27,28)22(29,30)23(31,32)24(33,34)35)10-11-41-16-8-6-15(7-9-16)12-17(18(37)38)40-5-2/h6-9,14,17H,4-5,10-13H2,1-3H3,(H,37,38). The minimum Gasteiger partial charge on any atom is -0.492 e. The Bertz CT molecular complexity index is 1030. The van der Waals surface area contributed by atoms with Crippen molar-refractivity contribution in [3.63, 3.8) is 0 Å². The lowest BCUT2D eigenvalue weighted by atomic mass is 9.97. The molecule has 1 aromatic carbocycles. The van der Waals surface area contributed by atoms with E-state index >= 15 is 0 Å². The van der Waals surface area contributed by atoms with Gasteiger partial charge in [0.15, 0.2) is 6.10 Å². The maximum absolute atomic E-state index is 14.4. The third kappa shape index (κ3) is 8.50. The van der Waals surface area contributed by atoms with Crippen molar-refractivity contribution in [2.45, 2.75) is 75.7 Å². The molecule has 2 atom stereocenters. The quantitative estimate of drug-likeness (QED) is 0.211. The summed E-state index contributed by atoms with van der Waals surface area (Å²) < 4.78 is 163. The number of ether oxygens (including phenoxy) is 3. The van der Waals surface area contributed by atoms with Crippen molar-refractivity contribution in [2.24, 2.45) is 0 Å². The molecular weight excluding hydrogens is 607 g/mol. The average Bonchev–Trinajstić information content (AvgIpc) is 2.87. The van der Waals surface area contributed by atoms with Crippen molar-refractivity contribution in [1.82, 2.24) is 4.90 Å². The van der Waals surface area contributed by atoms with Crippen LogP contribution in [0.15, 0.2) is 24.3 Å². The fourth-order valence-corrected chi connectivity index (χ4v) is 3.14. The Morgan fingerprint density at radius 2 is 1.43 bits per heavy atom. The van der Waals surface area contributed by atoms with E-state index in [0.717, 1.165) is 0 Å². The van der Waals surface area contributed by atoms with E-state index in [9.17, 15) is 57.9 Å². The van der Waals surface area contributed by atoms with E-state index in [1.54, 1.807) is 6.92 Å². The fourth-order valence-electron chi connectivity index (χ4n) is 3.14. The minimum absolute atomic E-state index is 0.0225. The molecule has 42 heavy (non-hydrogen) atoms. The molecule has 2 unspecified atom stereocenters. The van der Waals surface area contributed by atoms with Crippen LogP contribution in [-0.2, 0) is 20.7 Å². The Kier molecular flexibility index (Phi) is 12.3. The van der Waals surface area contributed by atoms with Crippen molar-refractivity contribution in [2.75, 3.05) is 26.3 Å². The van der Waals surface area contributed by atoms with Gasteiger partial charge < -0.3 is 19.3 Å². The minimum atomic E-state index is -7.62. The molecule has 0 aliphatic heterocycles. The Balaban J connectivity index is 3.12. The van der Waals surface area contributed by atoms with Crippen LogP contribution in [0.5, 0.6) is 5.75 Å². The number of hydrogen-bond donors (Lipinski definition) is 1. The molecule has 1 aromatic rings. The summed E-state index contributed by atoms with van der Waals surface area (Å²) in [6.45, 7) is -0.242. The third-order valence-electron chi connectivity index (χ3n) is 5.75. The molecule has 18 heteroatoms. The highest BCUT2D eigenvalue weighted by Gasteiger charge is 2.87. The van der Waals surface area contributed by atoms with Gasteiger partial charge in [-0.25, -0.2) is 9.59 Å². The molecule has 0 fully saturated rings. The van der Waals surface area contributed by atoms with Gasteiger partial charge in [0.1, 0.15) is 18.5 Å². The molecule has 1 N–H and O–H groups in total. The van der Waals surface area contributed by atoms with Crippen LogP contribution in [-0.4, -0.2) is 90.4 Å². The van der Waals surface area contributed by atoms with Crippen LogP contribution in [0.2, 0.25) is 0 Å². The van der Waals surface area contributed by atoms with E-state index in [4.69, 9.17) is 19.3 Å². The lowest BCUT2D eigenvalue weighted by molar-refractivity contribution is -0.422. The van der Waals surface area contributed by atoms with Gasteiger partial charge in [-0.2, -0.15) is 48.3 Å². The Hall–Kier alpha value is -3.05. The van der Waals surface area contributed by atoms with E-state index in [1.807, 2.05) is 0 Å². The SMILES string of the molecule is CCOC(Cc1ccc(OCCN(CC(F)(F)C(F)(F)C(F)(F)C(F)(F)C(F)(F)F)C(=O)OC(C)CC)cc1)C(=O)O. The molecule has 0 bridgehead atoms. The lowest BCUT2D eigenvalue weighted by Crippen LogP contribution is -2.68. The van der Waals surface area contributed by atoms with Gasteiger partial charge in [0.2, 0.25) is 0 Å². The molecule has 0 aliphatic carbocycles. The molecule has 0 aliphatic rings. The third-order valence-corrected chi connectivity index (χ3v) is 5.75. The molecule has 0 aromatic heterocycles. The molecule has 1 rings (SSSR count). The Labute approximate surface area is 232 Å². The number of amides is 1. The van der Waals surface area contributed by atoms with Gasteiger partial charge in [-0.1, -0.05) is 19.1 Å². The Morgan fingerprint density at radius 3 is 1.88 bits per heavy atom. The van der Waals surface area contributed by atoms with Crippen LogP contribution in [0.1, 0.15) is 32.8 Å². The first-order valence-corrected chi connectivity index (χ1v) is 12.1. The van der Waals surface area contributed by atoms with Crippen LogP contribution in [0, 0.1) is 0 Å². The summed E-state index contributed by atoms with van der Waals surface area (Å²) in [6, 6.07) is 5.31. The summed E-state index contributed by atoms with van der Waals surface area (Å²) in [4.78, 5) is 23.2. The van der Waals surface area contributed by atoms with Crippen LogP contribution in [0.4, 0.5) is 53.1 Å². The van der Waals surface area contributed by atoms with Gasteiger partial charge in [0.25, 0.3) is 0 Å². The summed E-state index contributed by atoms with van der Waals surface area (Å²) in [6.07, 6.45) is -11.3. The normalized spacial score (nSPS) is 14.7. The lowest BCUT2D eigenvalue weighted by Gasteiger charge is -2.38. The highest BCUT2D eigenvalue weighted by Crippen LogP contribution is 2.57. The van der Waals surface area contributed by atoms with Gasteiger partial charge in [-0.3, -0.25) is 4.90 Å². The number of alkyl halides is 11. The van der Waals surface area contributed by atoms with Gasteiger partial charge in [-0.05, 0) is 38.0 Å². The molecule has 0 saturated carbocycles. The molecule has 0 saturated heterocycles. The highest BCUT2D eigenvalue weighted by molar-refractivity contribution is 5.72. The number of rotatable bonds is 16. The van der Waals surface area contributed by atoms with Crippen molar-refractivity contribution in [3.05, 3.63) is 29.8 Å². The van der Waals surface area contributed by atoms with Crippen molar-refractivity contribution < 1.29 is 77.2 Å². The first-order chi connectivity index (χ1) is 19.1. The number of halogens is 11. The first kappa shape index (κ1) is 37.0. The molecular formula is C24H28F11NO6.